The van der Waals surface area contributed by atoms with Gasteiger partial charge >= 0.3 is 5.97 Å². The van der Waals surface area contributed by atoms with Gasteiger partial charge in [-0.25, -0.2) is 0 Å². The Morgan fingerprint density at radius 3 is 2.44 bits per heavy atom. The lowest BCUT2D eigenvalue weighted by Crippen LogP contribution is -2.35. The Bertz CT molecular complexity index is 763. The lowest BCUT2D eigenvalue weighted by Gasteiger charge is -2.22. The van der Waals surface area contributed by atoms with Crippen LogP contribution in [0.2, 0.25) is 5.02 Å². The smallest absolute Gasteiger partial charge is 0.325 e. The molecule has 0 aliphatic heterocycles. The Morgan fingerprint density at radius 1 is 1.04 bits per heavy atom. The van der Waals surface area contributed by atoms with Gasteiger partial charge in [-0.3, -0.25) is 9.59 Å². The van der Waals surface area contributed by atoms with Gasteiger partial charge < -0.3 is 19.1 Å². The molecule has 0 saturated carbocycles. The van der Waals surface area contributed by atoms with Crippen molar-refractivity contribution in [3.63, 3.8) is 0 Å². The fraction of sp³-hybridized carbons (Fsp3) is 0.300. The molecule has 0 N–H and O–H groups in total. The Labute approximate surface area is 163 Å². The second kappa shape index (κ2) is 10.5. The van der Waals surface area contributed by atoms with Gasteiger partial charge in [-0.15, -0.1) is 0 Å². The van der Waals surface area contributed by atoms with Crippen molar-refractivity contribution < 1.29 is 23.8 Å². The number of carbonyl (C=O) groups excluding carboxylic acids is 2. The highest BCUT2D eigenvalue weighted by molar-refractivity contribution is 6.30. The zero-order chi connectivity index (χ0) is 19.6. The van der Waals surface area contributed by atoms with E-state index in [0.717, 1.165) is 5.56 Å². The van der Waals surface area contributed by atoms with Gasteiger partial charge in [0.25, 0.3) is 5.91 Å². The van der Waals surface area contributed by atoms with Crippen molar-refractivity contribution in [3.8, 4) is 5.75 Å². The SMILES string of the molecule is COCCOc1cccc(C(=O)N(CC(=O)OC)Cc2ccc(Cl)cc2)c1. The Kier molecular flexibility index (Phi) is 8.10. The number of amides is 1. The van der Waals surface area contributed by atoms with Crippen LogP contribution in [0.15, 0.2) is 48.5 Å². The fourth-order valence-corrected chi connectivity index (χ4v) is 2.50. The molecule has 0 saturated heterocycles. The average molecular weight is 392 g/mol. The third kappa shape index (κ3) is 6.58. The summed E-state index contributed by atoms with van der Waals surface area (Å²) in [6.45, 7) is 0.917. The molecule has 0 unspecified atom stereocenters. The van der Waals surface area contributed by atoms with Gasteiger partial charge in [-0.2, -0.15) is 0 Å². The first-order valence-electron chi connectivity index (χ1n) is 8.36. The van der Waals surface area contributed by atoms with Crippen LogP contribution in [0.1, 0.15) is 15.9 Å². The van der Waals surface area contributed by atoms with Crippen molar-refractivity contribution in [1.29, 1.82) is 0 Å². The summed E-state index contributed by atoms with van der Waals surface area (Å²) in [5.74, 6) is -0.236. The number of rotatable bonds is 9. The monoisotopic (exact) mass is 391 g/mol. The van der Waals surface area contributed by atoms with Crippen molar-refractivity contribution in [2.24, 2.45) is 0 Å². The largest absolute Gasteiger partial charge is 0.491 e. The minimum Gasteiger partial charge on any atom is -0.491 e. The van der Waals surface area contributed by atoms with E-state index in [1.807, 2.05) is 12.1 Å². The molecule has 2 aromatic carbocycles. The number of esters is 1. The highest BCUT2D eigenvalue weighted by Crippen LogP contribution is 2.17. The van der Waals surface area contributed by atoms with Crippen LogP contribution in [0.25, 0.3) is 0 Å². The van der Waals surface area contributed by atoms with E-state index in [0.29, 0.717) is 29.5 Å². The first kappa shape index (κ1) is 20.7. The quantitative estimate of drug-likeness (QED) is 0.485. The maximum atomic E-state index is 13.0. The molecule has 0 bridgehead atoms. The molecule has 0 heterocycles. The summed E-state index contributed by atoms with van der Waals surface area (Å²) >= 11 is 5.91. The van der Waals surface area contributed by atoms with Gasteiger partial charge in [0.1, 0.15) is 18.9 Å². The van der Waals surface area contributed by atoms with Gasteiger partial charge in [-0.05, 0) is 35.9 Å². The number of methoxy groups -OCH3 is 2. The minimum absolute atomic E-state index is 0.160. The highest BCUT2D eigenvalue weighted by Gasteiger charge is 2.20. The Hall–Kier alpha value is -2.57. The van der Waals surface area contributed by atoms with Crippen molar-refractivity contribution in [2.45, 2.75) is 6.54 Å². The molecule has 0 atom stereocenters. The lowest BCUT2D eigenvalue weighted by molar-refractivity contribution is -0.141. The van der Waals surface area contributed by atoms with E-state index in [-0.39, 0.29) is 19.0 Å². The molecule has 144 valence electrons. The molecule has 0 aliphatic rings. The van der Waals surface area contributed by atoms with E-state index in [1.54, 1.807) is 43.5 Å². The van der Waals surface area contributed by atoms with Gasteiger partial charge in [-0.1, -0.05) is 29.8 Å². The molecule has 6 nitrogen and oxygen atoms in total. The van der Waals surface area contributed by atoms with Gasteiger partial charge in [0, 0.05) is 24.2 Å². The first-order chi connectivity index (χ1) is 13.0. The van der Waals surface area contributed by atoms with Crippen molar-refractivity contribution in [2.75, 3.05) is 34.0 Å². The second-order valence-corrected chi connectivity index (χ2v) is 6.17. The van der Waals surface area contributed by atoms with E-state index in [1.165, 1.54) is 12.0 Å². The zero-order valence-corrected chi connectivity index (χ0v) is 16.1. The number of benzene rings is 2. The predicted molar refractivity (Wildman–Crippen MR) is 102 cm³/mol. The predicted octanol–water partition coefficient (Wildman–Crippen LogP) is 3.18. The van der Waals surface area contributed by atoms with E-state index in [2.05, 4.69) is 0 Å². The number of ether oxygens (including phenoxy) is 3. The van der Waals surface area contributed by atoms with Crippen LogP contribution in [0, 0.1) is 0 Å². The van der Waals surface area contributed by atoms with Crippen molar-refractivity contribution >= 4 is 23.5 Å². The number of halogens is 1. The van der Waals surface area contributed by atoms with E-state index >= 15 is 0 Å². The second-order valence-electron chi connectivity index (χ2n) is 5.73. The van der Waals surface area contributed by atoms with Crippen LogP contribution in [-0.4, -0.2) is 50.8 Å². The highest BCUT2D eigenvalue weighted by atomic mass is 35.5. The van der Waals surface area contributed by atoms with Crippen molar-refractivity contribution in [3.05, 3.63) is 64.7 Å². The van der Waals surface area contributed by atoms with Crippen LogP contribution in [0.3, 0.4) is 0 Å². The lowest BCUT2D eigenvalue weighted by atomic mass is 10.1. The standard InChI is InChI=1S/C20H22ClNO5/c1-25-10-11-27-18-5-3-4-16(12-18)20(24)22(14-19(23)26-2)13-15-6-8-17(21)9-7-15/h3-9,12H,10-11,13-14H2,1-2H3. The molecule has 0 aromatic heterocycles. The summed E-state index contributed by atoms with van der Waals surface area (Å²) in [5.41, 5.74) is 1.27. The Morgan fingerprint density at radius 2 is 1.78 bits per heavy atom. The summed E-state index contributed by atoms with van der Waals surface area (Å²) in [7, 11) is 2.88. The average Bonchev–Trinajstić information content (AvgIpc) is 2.69. The summed E-state index contributed by atoms with van der Waals surface area (Å²) < 4.78 is 15.2. The minimum atomic E-state index is -0.496. The Balaban J connectivity index is 2.18. The summed E-state index contributed by atoms with van der Waals surface area (Å²) in [6.07, 6.45) is 0. The van der Waals surface area contributed by atoms with E-state index in [4.69, 9.17) is 25.8 Å². The molecular weight excluding hydrogens is 370 g/mol. The maximum Gasteiger partial charge on any atom is 0.325 e. The molecule has 0 spiro atoms. The third-order valence-corrected chi connectivity index (χ3v) is 4.01. The molecule has 1 amide bonds. The van der Waals surface area contributed by atoms with Crippen LogP contribution in [-0.2, 0) is 20.8 Å². The molecular formula is C20H22ClNO5. The zero-order valence-electron chi connectivity index (χ0n) is 15.3. The number of nitrogens with zero attached hydrogens (tertiary/aromatic N) is 1. The van der Waals surface area contributed by atoms with Gasteiger partial charge in [0.15, 0.2) is 0 Å². The fourth-order valence-electron chi connectivity index (χ4n) is 2.37. The van der Waals surface area contributed by atoms with Crippen LogP contribution in [0.5, 0.6) is 5.75 Å². The van der Waals surface area contributed by atoms with Crippen LogP contribution >= 0.6 is 11.6 Å². The number of carbonyl (C=O) groups is 2. The number of hydrogen-bond acceptors (Lipinski definition) is 5. The van der Waals surface area contributed by atoms with Crippen LogP contribution in [0.4, 0.5) is 0 Å². The molecule has 0 radical (unpaired) electrons. The van der Waals surface area contributed by atoms with Gasteiger partial charge in [0.2, 0.25) is 0 Å². The molecule has 2 aromatic rings. The normalized spacial score (nSPS) is 10.3. The molecule has 0 aliphatic carbocycles. The third-order valence-electron chi connectivity index (χ3n) is 3.76. The van der Waals surface area contributed by atoms with Gasteiger partial charge in [0.05, 0.1) is 13.7 Å². The molecule has 0 fully saturated rings. The topological polar surface area (TPSA) is 65.1 Å². The van der Waals surface area contributed by atoms with Crippen molar-refractivity contribution in [1.82, 2.24) is 4.90 Å². The summed E-state index contributed by atoms with van der Waals surface area (Å²) in [6, 6.07) is 13.9. The van der Waals surface area contributed by atoms with E-state index < -0.39 is 5.97 Å². The summed E-state index contributed by atoms with van der Waals surface area (Å²) in [4.78, 5) is 26.1. The number of hydrogen-bond donors (Lipinski definition) is 0. The van der Waals surface area contributed by atoms with Crippen LogP contribution < -0.4 is 4.74 Å². The molecule has 2 rings (SSSR count). The summed E-state index contributed by atoms with van der Waals surface area (Å²) in [5, 5.41) is 0.602. The maximum absolute atomic E-state index is 13.0. The molecule has 27 heavy (non-hydrogen) atoms. The molecule has 7 heteroatoms. The first-order valence-corrected chi connectivity index (χ1v) is 8.73. The van der Waals surface area contributed by atoms with E-state index in [9.17, 15) is 9.59 Å².